The van der Waals surface area contributed by atoms with Crippen LogP contribution in [-0.2, 0) is 4.79 Å². The second kappa shape index (κ2) is 6.94. The van der Waals surface area contributed by atoms with Gasteiger partial charge in [-0.3, -0.25) is 9.78 Å². The Kier molecular flexibility index (Phi) is 4.75. The van der Waals surface area contributed by atoms with Crippen LogP contribution in [0.15, 0.2) is 12.4 Å². The number of carboxylic acids is 1. The maximum atomic E-state index is 11.2. The van der Waals surface area contributed by atoms with Crippen molar-refractivity contribution in [2.45, 2.75) is 51.0 Å². The van der Waals surface area contributed by atoms with Gasteiger partial charge in [0.2, 0.25) is 5.88 Å². The van der Waals surface area contributed by atoms with E-state index in [1.54, 1.807) is 12.4 Å². The van der Waals surface area contributed by atoms with E-state index in [-0.39, 0.29) is 12.0 Å². The second-order valence-electron chi connectivity index (χ2n) is 6.22. The normalized spacial score (nSPS) is 23.3. The fraction of sp³-hybridized carbons (Fsp3) is 0.688. The van der Waals surface area contributed by atoms with Crippen molar-refractivity contribution in [3.05, 3.63) is 12.4 Å². The van der Waals surface area contributed by atoms with E-state index in [1.165, 1.54) is 19.3 Å². The summed E-state index contributed by atoms with van der Waals surface area (Å²) in [7, 11) is 0. The van der Waals surface area contributed by atoms with Crippen molar-refractivity contribution in [3.63, 3.8) is 0 Å². The van der Waals surface area contributed by atoms with E-state index in [1.807, 2.05) is 4.90 Å². The summed E-state index contributed by atoms with van der Waals surface area (Å²) in [6.45, 7) is 1.32. The molecule has 2 fully saturated rings. The fourth-order valence-corrected chi connectivity index (χ4v) is 3.29. The van der Waals surface area contributed by atoms with Crippen LogP contribution in [0.3, 0.4) is 0 Å². The van der Waals surface area contributed by atoms with Crippen LogP contribution in [0, 0.1) is 5.92 Å². The Bertz CT molecular complexity index is 517. The molecule has 1 N–H and O–H groups in total. The van der Waals surface area contributed by atoms with E-state index in [9.17, 15) is 9.90 Å². The molecule has 120 valence electrons. The molecule has 1 atom stereocenters. The maximum absolute atomic E-state index is 11.2. The lowest BCUT2D eigenvalue weighted by Crippen LogP contribution is -2.39. The first-order valence-corrected chi connectivity index (χ1v) is 8.19. The maximum Gasteiger partial charge on any atom is 0.308 e. The Morgan fingerprint density at radius 3 is 2.77 bits per heavy atom. The minimum absolute atomic E-state index is 0.242. The molecule has 0 bridgehead atoms. The molecule has 6 heteroatoms. The molecule has 0 amide bonds. The zero-order valence-electron chi connectivity index (χ0n) is 12.8. The Labute approximate surface area is 130 Å². The van der Waals surface area contributed by atoms with Crippen LogP contribution in [0.25, 0.3) is 0 Å². The van der Waals surface area contributed by atoms with Crippen LogP contribution >= 0.6 is 0 Å². The number of rotatable bonds is 4. The predicted molar refractivity (Wildman–Crippen MR) is 82.1 cm³/mol. The smallest absolute Gasteiger partial charge is 0.308 e. The van der Waals surface area contributed by atoms with Crippen molar-refractivity contribution < 1.29 is 14.6 Å². The van der Waals surface area contributed by atoms with E-state index in [2.05, 4.69) is 9.97 Å². The largest absolute Gasteiger partial charge is 0.481 e. The van der Waals surface area contributed by atoms with Gasteiger partial charge >= 0.3 is 5.97 Å². The molecule has 2 heterocycles. The molecule has 0 radical (unpaired) electrons. The lowest BCUT2D eigenvalue weighted by Gasteiger charge is -2.31. The van der Waals surface area contributed by atoms with Gasteiger partial charge in [-0.05, 0) is 38.5 Å². The summed E-state index contributed by atoms with van der Waals surface area (Å²) in [5.41, 5.74) is 0. The van der Waals surface area contributed by atoms with Crippen LogP contribution in [0.1, 0.15) is 44.9 Å². The number of aromatic nitrogens is 2. The minimum atomic E-state index is -0.729. The van der Waals surface area contributed by atoms with Crippen LogP contribution in [-0.4, -0.2) is 40.2 Å². The van der Waals surface area contributed by atoms with E-state index in [0.717, 1.165) is 38.0 Å². The van der Waals surface area contributed by atoms with Crippen LogP contribution in [0.2, 0.25) is 0 Å². The molecule has 1 aromatic heterocycles. The molecule has 1 saturated heterocycles. The van der Waals surface area contributed by atoms with E-state index >= 15 is 0 Å². The Balaban J connectivity index is 1.66. The van der Waals surface area contributed by atoms with Gasteiger partial charge in [-0.2, -0.15) is 4.98 Å². The Morgan fingerprint density at radius 2 is 2.00 bits per heavy atom. The van der Waals surface area contributed by atoms with Crippen molar-refractivity contribution in [1.82, 2.24) is 9.97 Å². The van der Waals surface area contributed by atoms with Crippen molar-refractivity contribution in [1.29, 1.82) is 0 Å². The molecule has 0 aromatic carbocycles. The Hall–Kier alpha value is -1.85. The van der Waals surface area contributed by atoms with Gasteiger partial charge in [-0.25, -0.2) is 0 Å². The number of piperidine rings is 1. The molecular formula is C16H23N3O3. The van der Waals surface area contributed by atoms with Gasteiger partial charge in [-0.15, -0.1) is 0 Å². The van der Waals surface area contributed by atoms with Gasteiger partial charge in [0.15, 0.2) is 5.82 Å². The highest BCUT2D eigenvalue weighted by Gasteiger charge is 2.26. The number of hydrogen-bond acceptors (Lipinski definition) is 5. The molecule has 0 spiro atoms. The average molecular weight is 305 g/mol. The lowest BCUT2D eigenvalue weighted by atomic mass is 9.98. The summed E-state index contributed by atoms with van der Waals surface area (Å²) >= 11 is 0. The molecule has 1 aliphatic carbocycles. The quantitative estimate of drug-likeness (QED) is 0.921. The second-order valence-corrected chi connectivity index (χ2v) is 6.22. The first kappa shape index (κ1) is 15.1. The summed E-state index contributed by atoms with van der Waals surface area (Å²) in [4.78, 5) is 21.9. The summed E-state index contributed by atoms with van der Waals surface area (Å²) in [6.07, 6.45) is 11.1. The molecule has 3 rings (SSSR count). The number of ether oxygens (including phenoxy) is 1. The SMILES string of the molecule is O=C(O)C1CCCN(c2cncc(OC3CCCCC3)n2)C1. The van der Waals surface area contributed by atoms with E-state index in [4.69, 9.17) is 4.74 Å². The van der Waals surface area contributed by atoms with Crippen molar-refractivity contribution in [2.24, 2.45) is 5.92 Å². The molecule has 2 aliphatic rings. The number of carbonyl (C=O) groups is 1. The third-order valence-electron chi connectivity index (χ3n) is 4.53. The number of aliphatic carboxylic acids is 1. The predicted octanol–water partition coefficient (Wildman–Crippen LogP) is 2.49. The van der Waals surface area contributed by atoms with E-state index < -0.39 is 5.97 Å². The van der Waals surface area contributed by atoms with Crippen molar-refractivity contribution in [3.8, 4) is 5.88 Å². The standard InChI is InChI=1S/C16H23N3O3/c20-16(21)12-5-4-8-19(11-12)14-9-17-10-15(18-14)22-13-6-2-1-3-7-13/h9-10,12-13H,1-8,11H2,(H,20,21). The molecule has 1 aromatic rings. The zero-order chi connectivity index (χ0) is 15.4. The van der Waals surface area contributed by atoms with Crippen LogP contribution in [0.5, 0.6) is 5.88 Å². The summed E-state index contributed by atoms with van der Waals surface area (Å²) in [5.74, 6) is 0.229. The lowest BCUT2D eigenvalue weighted by molar-refractivity contribution is -0.141. The number of anilines is 1. The van der Waals surface area contributed by atoms with E-state index in [0.29, 0.717) is 12.4 Å². The summed E-state index contributed by atoms with van der Waals surface area (Å²) in [6, 6.07) is 0. The topological polar surface area (TPSA) is 75.5 Å². The number of carboxylic acid groups (broad SMARTS) is 1. The summed E-state index contributed by atoms with van der Waals surface area (Å²) in [5, 5.41) is 9.19. The Morgan fingerprint density at radius 1 is 1.18 bits per heavy atom. The highest BCUT2D eigenvalue weighted by atomic mass is 16.5. The molecule has 1 aliphatic heterocycles. The van der Waals surface area contributed by atoms with Crippen LogP contribution in [0.4, 0.5) is 5.82 Å². The average Bonchev–Trinajstić information content (AvgIpc) is 2.56. The molecule has 1 saturated carbocycles. The van der Waals surface area contributed by atoms with Crippen molar-refractivity contribution >= 4 is 11.8 Å². The third kappa shape index (κ3) is 3.67. The molecule has 1 unspecified atom stereocenters. The number of nitrogens with zero attached hydrogens (tertiary/aromatic N) is 3. The van der Waals surface area contributed by atoms with Crippen LogP contribution < -0.4 is 9.64 Å². The molecule has 22 heavy (non-hydrogen) atoms. The third-order valence-corrected chi connectivity index (χ3v) is 4.53. The van der Waals surface area contributed by atoms with Gasteiger partial charge in [0.1, 0.15) is 6.10 Å². The summed E-state index contributed by atoms with van der Waals surface area (Å²) < 4.78 is 5.94. The minimum Gasteiger partial charge on any atom is -0.481 e. The van der Waals surface area contributed by atoms with Gasteiger partial charge in [0, 0.05) is 13.1 Å². The first-order valence-electron chi connectivity index (χ1n) is 8.19. The fourth-order valence-electron chi connectivity index (χ4n) is 3.29. The van der Waals surface area contributed by atoms with Crippen molar-refractivity contribution in [2.75, 3.05) is 18.0 Å². The van der Waals surface area contributed by atoms with Gasteiger partial charge in [0.25, 0.3) is 0 Å². The number of hydrogen-bond donors (Lipinski definition) is 1. The molecule has 6 nitrogen and oxygen atoms in total. The first-order chi connectivity index (χ1) is 10.7. The zero-order valence-corrected chi connectivity index (χ0v) is 12.8. The van der Waals surface area contributed by atoms with Gasteiger partial charge in [0.05, 0.1) is 18.3 Å². The van der Waals surface area contributed by atoms with Gasteiger partial charge < -0.3 is 14.7 Å². The highest BCUT2D eigenvalue weighted by molar-refractivity contribution is 5.71. The molecular weight excluding hydrogens is 282 g/mol. The monoisotopic (exact) mass is 305 g/mol. The van der Waals surface area contributed by atoms with Gasteiger partial charge in [-0.1, -0.05) is 6.42 Å². The highest BCUT2D eigenvalue weighted by Crippen LogP contribution is 2.25.